The minimum absolute atomic E-state index is 0.339. The summed E-state index contributed by atoms with van der Waals surface area (Å²) in [5.74, 6) is -1.84. The Morgan fingerprint density at radius 1 is 1.25 bits per heavy atom. The van der Waals surface area contributed by atoms with Gasteiger partial charge in [0.25, 0.3) is 5.91 Å². The molecule has 1 saturated carbocycles. The van der Waals surface area contributed by atoms with Gasteiger partial charge in [0.05, 0.1) is 21.6 Å². The van der Waals surface area contributed by atoms with Crippen molar-refractivity contribution in [1.29, 1.82) is 0 Å². The summed E-state index contributed by atoms with van der Waals surface area (Å²) in [6.07, 6.45) is 0.339. The molecule has 2 unspecified atom stereocenters. The van der Waals surface area contributed by atoms with Crippen LogP contribution >= 0.6 is 0 Å². The monoisotopic (exact) mass is 246 g/mol. The Kier molecular flexibility index (Phi) is 2.98. The van der Waals surface area contributed by atoms with Gasteiger partial charge in [0.2, 0.25) is 0 Å². The highest BCUT2D eigenvalue weighted by Crippen LogP contribution is 2.39. The molecule has 90 valence electrons. The fourth-order valence-electron chi connectivity index (χ4n) is 1.75. The molecule has 7 heteroatoms. The topological polar surface area (TPSA) is 95.8 Å². The van der Waals surface area contributed by atoms with Crippen molar-refractivity contribution < 1.29 is 18.9 Å². The van der Waals surface area contributed by atoms with Crippen molar-refractivity contribution in [3.8, 4) is 0 Å². The van der Waals surface area contributed by atoms with Gasteiger partial charge in [-0.1, -0.05) is 0 Å². The van der Waals surface area contributed by atoms with Crippen molar-refractivity contribution >= 4 is 21.6 Å². The van der Waals surface area contributed by atoms with E-state index < -0.39 is 33.4 Å². The summed E-state index contributed by atoms with van der Waals surface area (Å²) in [6.45, 7) is 1.20. The van der Waals surface area contributed by atoms with Crippen LogP contribution in [0.1, 0.15) is 6.42 Å². The molecule has 2 atom stereocenters. The van der Waals surface area contributed by atoms with Crippen LogP contribution in [-0.4, -0.2) is 45.8 Å². The summed E-state index contributed by atoms with van der Waals surface area (Å²) in [5.41, 5.74) is 0. The first-order valence-corrected chi connectivity index (χ1v) is 7.07. The van der Waals surface area contributed by atoms with E-state index in [9.17, 15) is 13.8 Å². The highest BCUT2D eigenvalue weighted by atomic mass is 32.2. The number of carboxylic acid groups (broad SMARTS) is 1. The van der Waals surface area contributed by atoms with Crippen molar-refractivity contribution in [2.45, 2.75) is 6.42 Å². The normalized spacial score (nSPS) is 31.8. The summed E-state index contributed by atoms with van der Waals surface area (Å²) < 4.78 is 15.8. The van der Waals surface area contributed by atoms with E-state index in [1.165, 1.54) is 0 Å². The minimum atomic E-state index is -2.42. The molecule has 2 aliphatic rings. The van der Waals surface area contributed by atoms with E-state index in [1.54, 1.807) is 0 Å². The van der Waals surface area contributed by atoms with Gasteiger partial charge in [0.1, 0.15) is 0 Å². The number of carboxylic acids is 1. The molecule has 0 spiro atoms. The van der Waals surface area contributed by atoms with Crippen LogP contribution in [0.15, 0.2) is 4.36 Å². The van der Waals surface area contributed by atoms with Crippen molar-refractivity contribution in [3.63, 3.8) is 0 Å². The van der Waals surface area contributed by atoms with E-state index in [4.69, 9.17) is 5.11 Å². The molecule has 16 heavy (non-hydrogen) atoms. The Bertz CT molecular complexity index is 427. The van der Waals surface area contributed by atoms with Gasteiger partial charge in [-0.05, 0) is 6.42 Å². The van der Waals surface area contributed by atoms with E-state index in [0.717, 1.165) is 0 Å². The van der Waals surface area contributed by atoms with E-state index in [2.05, 4.69) is 9.68 Å². The molecule has 0 radical (unpaired) electrons. The zero-order valence-electron chi connectivity index (χ0n) is 8.72. The Hall–Kier alpha value is -0.950. The van der Waals surface area contributed by atoms with Gasteiger partial charge in [-0.2, -0.15) is 4.36 Å². The van der Waals surface area contributed by atoms with Crippen molar-refractivity contribution in [1.82, 2.24) is 5.32 Å². The fourth-order valence-corrected chi connectivity index (χ4v) is 3.53. The highest BCUT2D eigenvalue weighted by Gasteiger charge is 2.48. The van der Waals surface area contributed by atoms with Crippen molar-refractivity contribution in [2.24, 2.45) is 16.2 Å². The van der Waals surface area contributed by atoms with Gasteiger partial charge in [0.15, 0.2) is 0 Å². The molecule has 1 amide bonds. The minimum Gasteiger partial charge on any atom is -0.481 e. The molecule has 1 saturated heterocycles. The zero-order chi connectivity index (χ0) is 11.8. The van der Waals surface area contributed by atoms with Gasteiger partial charge < -0.3 is 10.4 Å². The smallest absolute Gasteiger partial charge is 0.307 e. The molecular weight excluding hydrogens is 232 g/mol. The lowest BCUT2D eigenvalue weighted by molar-refractivity contribution is -0.139. The van der Waals surface area contributed by atoms with Gasteiger partial charge in [0, 0.05) is 24.6 Å². The summed E-state index contributed by atoms with van der Waals surface area (Å²) >= 11 is 0. The predicted molar refractivity (Wildman–Crippen MR) is 57.4 cm³/mol. The molecule has 0 aromatic carbocycles. The van der Waals surface area contributed by atoms with Gasteiger partial charge in [-0.25, -0.2) is 4.21 Å². The number of hydrogen-bond acceptors (Lipinski definition) is 4. The first-order valence-electron chi connectivity index (χ1n) is 5.22. The van der Waals surface area contributed by atoms with E-state index in [0.29, 0.717) is 31.0 Å². The van der Waals surface area contributed by atoms with E-state index in [-0.39, 0.29) is 0 Å². The summed E-state index contributed by atoms with van der Waals surface area (Å²) in [4.78, 5) is 22.1. The first-order chi connectivity index (χ1) is 7.52. The molecule has 6 nitrogen and oxygen atoms in total. The third-order valence-electron chi connectivity index (χ3n) is 2.88. The molecule has 0 aromatic heterocycles. The number of nitrogens with one attached hydrogen (secondary N) is 1. The van der Waals surface area contributed by atoms with Gasteiger partial charge in [-0.3, -0.25) is 9.59 Å². The quantitative estimate of drug-likeness (QED) is 0.672. The number of nitrogens with zero attached hydrogens (tertiary/aromatic N) is 1. The summed E-state index contributed by atoms with van der Waals surface area (Å²) in [7, 11) is -2.42. The second-order valence-electron chi connectivity index (χ2n) is 4.15. The Morgan fingerprint density at radius 3 is 2.38 bits per heavy atom. The molecule has 0 aromatic rings. The molecule has 1 aliphatic heterocycles. The van der Waals surface area contributed by atoms with Crippen molar-refractivity contribution in [2.75, 3.05) is 24.6 Å². The number of aliphatic carboxylic acids is 1. The largest absolute Gasteiger partial charge is 0.481 e. The summed E-state index contributed by atoms with van der Waals surface area (Å²) in [5, 5.41) is 11.7. The van der Waals surface area contributed by atoms with E-state index >= 15 is 0 Å². The van der Waals surface area contributed by atoms with Crippen LogP contribution in [0.3, 0.4) is 0 Å². The van der Waals surface area contributed by atoms with Crippen LogP contribution in [-0.2, 0) is 19.3 Å². The van der Waals surface area contributed by atoms with Crippen LogP contribution in [0, 0.1) is 11.8 Å². The maximum atomic E-state index is 12.0. The maximum Gasteiger partial charge on any atom is 0.307 e. The number of hydrogen-bond donors (Lipinski definition) is 2. The number of amides is 1. The second kappa shape index (κ2) is 4.14. The van der Waals surface area contributed by atoms with Gasteiger partial charge >= 0.3 is 5.97 Å². The Balaban J connectivity index is 2.04. The third-order valence-corrected chi connectivity index (χ3v) is 5.07. The molecule has 0 bridgehead atoms. The van der Waals surface area contributed by atoms with Crippen LogP contribution in [0.5, 0.6) is 0 Å². The first kappa shape index (κ1) is 11.5. The van der Waals surface area contributed by atoms with Gasteiger partial charge in [-0.15, -0.1) is 0 Å². The fraction of sp³-hybridized carbons (Fsp3) is 0.778. The van der Waals surface area contributed by atoms with Crippen molar-refractivity contribution in [3.05, 3.63) is 0 Å². The lowest BCUT2D eigenvalue weighted by Crippen LogP contribution is -2.36. The third kappa shape index (κ3) is 2.41. The number of carbonyl (C=O) groups excluding carboxylic acids is 1. The predicted octanol–water partition coefficient (Wildman–Crippen LogP) is -0.695. The Labute approximate surface area is 93.6 Å². The SMILES string of the molecule is O=C(O)C1CC1C(=O)N=S1(=O)CCNCC1. The molecular formula is C9H14N2O4S. The molecule has 1 heterocycles. The number of rotatable bonds is 2. The average molecular weight is 246 g/mol. The molecule has 2 rings (SSSR count). The number of carbonyl (C=O) groups is 2. The average Bonchev–Trinajstić information content (AvgIpc) is 2.97. The lowest BCUT2D eigenvalue weighted by atomic mass is 10.3. The van der Waals surface area contributed by atoms with E-state index in [1.807, 2.05) is 0 Å². The molecule has 2 N–H and O–H groups in total. The maximum absolute atomic E-state index is 12.0. The highest BCUT2D eigenvalue weighted by molar-refractivity contribution is 7.94. The second-order valence-corrected chi connectivity index (χ2v) is 6.69. The lowest BCUT2D eigenvalue weighted by Gasteiger charge is -2.15. The Morgan fingerprint density at radius 2 is 1.88 bits per heavy atom. The zero-order valence-corrected chi connectivity index (χ0v) is 9.53. The van der Waals surface area contributed by atoms with Crippen LogP contribution in [0.25, 0.3) is 0 Å². The molecule has 2 fully saturated rings. The van der Waals surface area contributed by atoms with Crippen LogP contribution in [0.4, 0.5) is 0 Å². The van der Waals surface area contributed by atoms with Crippen LogP contribution in [0.2, 0.25) is 0 Å². The molecule has 1 aliphatic carbocycles. The standard InChI is InChI=1S/C9H14N2O4S/c12-8(6-5-7(6)9(13)14)11-16(15)3-1-10-2-4-16/h6-7,10H,1-5H2,(H,13,14). The van der Waals surface area contributed by atoms with Crippen LogP contribution < -0.4 is 5.32 Å². The summed E-state index contributed by atoms with van der Waals surface area (Å²) in [6, 6.07) is 0.